The first-order chi connectivity index (χ1) is 16.7. The maximum absolute atomic E-state index is 12.8. The van der Waals surface area contributed by atoms with Crippen LogP contribution >= 0.6 is 0 Å². The van der Waals surface area contributed by atoms with Crippen LogP contribution in [-0.4, -0.2) is 15.9 Å². The number of benzene rings is 2. The van der Waals surface area contributed by atoms with Crippen LogP contribution in [0.3, 0.4) is 0 Å². The van der Waals surface area contributed by atoms with Crippen molar-refractivity contribution in [1.29, 1.82) is 0 Å². The predicted molar refractivity (Wildman–Crippen MR) is 144 cm³/mol. The number of carbonyl (C=O) groups is 1. The van der Waals surface area contributed by atoms with Gasteiger partial charge in [-0.3, -0.25) is 4.79 Å². The summed E-state index contributed by atoms with van der Waals surface area (Å²) in [5, 5.41) is 12.9. The molecular weight excluding hydrogens is 623 g/mol. The number of aliphatic hydroxyl groups is 1. The quantitative estimate of drug-likeness (QED) is 0.287. The van der Waals surface area contributed by atoms with Gasteiger partial charge in [0.05, 0.1) is 0 Å². The Morgan fingerprint density at radius 1 is 1.06 bits per heavy atom. The number of aryl methyl sites for hydroxylation is 1. The third-order valence-corrected chi connectivity index (χ3v) is 8.44. The summed E-state index contributed by atoms with van der Waals surface area (Å²) in [5.41, 5.74) is 3.64. The smallest absolute Gasteiger partial charge is 0.168 e. The Morgan fingerprint density at radius 3 is 2.44 bits per heavy atom. The number of hydrogen-bond acceptors (Lipinski definition) is 3. The molecule has 0 amide bonds. The molecule has 1 saturated carbocycles. The maximum atomic E-state index is 12.8. The minimum Gasteiger partial charge on any atom is -0.511 e. The fourth-order valence-corrected chi connectivity index (χ4v) is 5.74. The molecule has 2 aliphatic rings. The van der Waals surface area contributed by atoms with Gasteiger partial charge in [0.2, 0.25) is 0 Å². The third-order valence-electron chi connectivity index (χ3n) is 8.44. The Bertz CT molecular complexity index is 1240. The first kappa shape index (κ1) is 28.3. The molecule has 1 unspecified atom stereocenters. The first-order valence-corrected chi connectivity index (χ1v) is 13.0. The molecule has 0 aliphatic heterocycles. The number of hydrogen-bond donors (Lipinski definition) is 1. The van der Waals surface area contributed by atoms with E-state index in [4.69, 9.17) is 0 Å². The topological polar surface area (TPSA) is 50.2 Å². The number of aliphatic hydroxyl groups excluding tert-OH is 1. The molecule has 1 fully saturated rings. The van der Waals surface area contributed by atoms with Gasteiger partial charge < -0.3 is 10.1 Å². The molecule has 3 aromatic rings. The summed E-state index contributed by atoms with van der Waals surface area (Å²) in [6.45, 7) is 10.4. The monoisotopic (exact) mass is 661 g/mol. The molecule has 1 atom stereocenters. The molecule has 1 N–H and O–H groups in total. The number of carbonyl (C=O) groups excluding carboxylic acids is 1. The van der Waals surface area contributed by atoms with Gasteiger partial charge in [0, 0.05) is 48.1 Å². The Balaban J connectivity index is 0.000000195. The van der Waals surface area contributed by atoms with E-state index >= 15 is 0 Å². The van der Waals surface area contributed by atoms with Crippen molar-refractivity contribution in [3.05, 3.63) is 77.7 Å². The van der Waals surface area contributed by atoms with Crippen LogP contribution in [0.2, 0.25) is 0 Å². The number of aromatic nitrogens is 1. The van der Waals surface area contributed by atoms with E-state index < -0.39 is 0 Å². The van der Waals surface area contributed by atoms with Crippen LogP contribution in [0.25, 0.3) is 22.0 Å². The molecule has 0 spiro atoms. The Morgan fingerprint density at radius 2 is 1.78 bits per heavy atom. The van der Waals surface area contributed by atoms with E-state index in [2.05, 4.69) is 56.1 Å². The number of nitrogens with zero attached hydrogens (tertiary/aromatic N) is 1. The second-order valence-electron chi connectivity index (χ2n) is 10.9. The summed E-state index contributed by atoms with van der Waals surface area (Å²) in [7, 11) is 0. The van der Waals surface area contributed by atoms with Crippen LogP contribution in [0, 0.1) is 29.7 Å². The van der Waals surface area contributed by atoms with Crippen molar-refractivity contribution >= 4 is 16.6 Å². The van der Waals surface area contributed by atoms with E-state index in [1.54, 1.807) is 0 Å². The van der Waals surface area contributed by atoms with Gasteiger partial charge in [-0.05, 0) is 68.0 Å². The summed E-state index contributed by atoms with van der Waals surface area (Å²) in [6, 6.07) is 19.6. The Hall–Kier alpha value is -2.29. The summed E-state index contributed by atoms with van der Waals surface area (Å²) >= 11 is 0. The molecule has 1 heterocycles. The number of ketones is 1. The summed E-state index contributed by atoms with van der Waals surface area (Å²) in [4.78, 5) is 17.3. The van der Waals surface area contributed by atoms with Crippen LogP contribution in [0.4, 0.5) is 0 Å². The van der Waals surface area contributed by atoms with Gasteiger partial charge in [0.25, 0.3) is 0 Å². The minimum atomic E-state index is -0.216. The molecule has 4 heteroatoms. The fourth-order valence-electron chi connectivity index (χ4n) is 5.74. The van der Waals surface area contributed by atoms with Crippen LogP contribution in [0.15, 0.2) is 66.1 Å². The van der Waals surface area contributed by atoms with Crippen molar-refractivity contribution in [2.75, 3.05) is 0 Å². The normalized spacial score (nSPS) is 20.1. The average molecular weight is 661 g/mol. The largest absolute Gasteiger partial charge is 0.511 e. The molecule has 2 aliphatic carbocycles. The predicted octanol–water partition coefficient (Wildman–Crippen LogP) is 8.41. The van der Waals surface area contributed by atoms with Crippen molar-refractivity contribution < 1.29 is 30.0 Å². The zero-order chi connectivity index (χ0) is 25.2. The van der Waals surface area contributed by atoms with Crippen molar-refractivity contribution in [2.45, 2.75) is 73.1 Å². The molecule has 36 heavy (non-hydrogen) atoms. The molecule has 193 valence electrons. The first-order valence-electron chi connectivity index (χ1n) is 13.0. The van der Waals surface area contributed by atoms with Crippen molar-refractivity contribution in [3.63, 3.8) is 0 Å². The number of allylic oxidation sites excluding steroid dienone is 2. The van der Waals surface area contributed by atoms with Crippen LogP contribution in [0.5, 0.6) is 0 Å². The molecule has 0 bridgehead atoms. The Labute approximate surface area is 229 Å². The van der Waals surface area contributed by atoms with Gasteiger partial charge in [0.15, 0.2) is 5.78 Å². The maximum Gasteiger partial charge on any atom is 0.168 e. The average Bonchev–Trinajstić information content (AvgIpc) is 2.88. The van der Waals surface area contributed by atoms with Gasteiger partial charge >= 0.3 is 0 Å². The van der Waals surface area contributed by atoms with Crippen molar-refractivity contribution in [1.82, 2.24) is 4.98 Å². The second-order valence-corrected chi connectivity index (χ2v) is 10.9. The summed E-state index contributed by atoms with van der Waals surface area (Å²) < 4.78 is 0. The van der Waals surface area contributed by atoms with Crippen molar-refractivity contribution in [2.24, 2.45) is 16.7 Å². The van der Waals surface area contributed by atoms with Gasteiger partial charge in [0.1, 0.15) is 5.76 Å². The van der Waals surface area contributed by atoms with Gasteiger partial charge in [-0.1, -0.05) is 52.0 Å². The molecule has 2 aromatic carbocycles. The molecular formula is C32H38IrNO2-. The Kier molecular flexibility index (Phi) is 8.96. The standard InChI is InChI=1S/C16H12N.C16H26O2.Ir/c1-12-6-5-9-14-10-16(17-11-15(12)14)13-7-3-2-4-8-13;1-5-16(6-2)10-8-11-7-9-15(3,4)13(17)12(11)14(16)18;/h2-7,9-11H,1H3;11,17H,5-10H2,1-4H3;/q-1;;. The SMILES string of the molecule is CCC1(CC)CCC2CCC(C)(C)C(O)=C2C1=O.Cc1cccc2cc(-c3[c-]cccc3)ncc12.[Ir]. The third kappa shape index (κ3) is 5.36. The molecule has 3 nitrogen and oxygen atoms in total. The number of fused-ring (bicyclic) bond motifs is 2. The molecule has 5 rings (SSSR count). The number of pyridine rings is 1. The minimum absolute atomic E-state index is 0. The summed E-state index contributed by atoms with van der Waals surface area (Å²) in [5.74, 6) is 0.945. The zero-order valence-electron chi connectivity index (χ0n) is 22.2. The zero-order valence-corrected chi connectivity index (χ0v) is 24.5. The van der Waals surface area contributed by atoms with Gasteiger partial charge in [-0.2, -0.15) is 0 Å². The van der Waals surface area contributed by atoms with Crippen LogP contribution in [-0.2, 0) is 24.9 Å². The van der Waals surface area contributed by atoms with E-state index in [0.717, 1.165) is 55.4 Å². The van der Waals surface area contributed by atoms with E-state index in [1.165, 1.54) is 16.3 Å². The second kappa shape index (κ2) is 11.4. The molecule has 0 saturated heterocycles. The van der Waals surface area contributed by atoms with E-state index in [9.17, 15) is 9.90 Å². The molecule has 1 aromatic heterocycles. The van der Waals surface area contributed by atoms with E-state index in [0.29, 0.717) is 11.7 Å². The van der Waals surface area contributed by atoms with E-state index in [-0.39, 0.29) is 36.7 Å². The fraction of sp³-hybridized carbons (Fsp3) is 0.438. The number of rotatable bonds is 3. The van der Waals surface area contributed by atoms with Crippen molar-refractivity contribution in [3.8, 4) is 11.3 Å². The van der Waals surface area contributed by atoms with Gasteiger partial charge in [-0.15, -0.1) is 35.9 Å². The molecule has 1 radical (unpaired) electrons. The number of Topliss-reactive ketones (excluding diaryl/α,β-unsaturated/α-hetero) is 1. The van der Waals surface area contributed by atoms with Gasteiger partial charge in [-0.25, -0.2) is 0 Å². The van der Waals surface area contributed by atoms with Crippen LogP contribution < -0.4 is 0 Å². The summed E-state index contributed by atoms with van der Waals surface area (Å²) in [6.07, 6.45) is 7.86. The van der Waals surface area contributed by atoms with Crippen LogP contribution in [0.1, 0.15) is 71.8 Å². The van der Waals surface area contributed by atoms with E-state index in [1.807, 2.05) is 44.3 Å².